The number of hydrogen-bond donors (Lipinski definition) is 1. The monoisotopic (exact) mass is 414 g/mol. The SMILES string of the molecule is COC(=O)c1ccc(OC(=O)CCCc2c(-c3ccccn3)[nH]c3ccccc23)cc1. The van der Waals surface area contributed by atoms with Gasteiger partial charge in [-0.2, -0.15) is 0 Å². The van der Waals surface area contributed by atoms with Gasteiger partial charge >= 0.3 is 11.9 Å². The van der Waals surface area contributed by atoms with Gasteiger partial charge in [0.15, 0.2) is 0 Å². The summed E-state index contributed by atoms with van der Waals surface area (Å²) in [4.78, 5) is 31.7. The van der Waals surface area contributed by atoms with Crippen molar-refractivity contribution in [2.45, 2.75) is 19.3 Å². The summed E-state index contributed by atoms with van der Waals surface area (Å²) in [6.45, 7) is 0. The van der Waals surface area contributed by atoms with Crippen molar-refractivity contribution >= 4 is 22.8 Å². The fourth-order valence-corrected chi connectivity index (χ4v) is 3.56. The first-order valence-electron chi connectivity index (χ1n) is 10.1. The van der Waals surface area contributed by atoms with Gasteiger partial charge in [-0.25, -0.2) is 4.79 Å². The number of para-hydroxylation sites is 1. The van der Waals surface area contributed by atoms with Crippen LogP contribution in [-0.4, -0.2) is 29.0 Å². The summed E-state index contributed by atoms with van der Waals surface area (Å²) in [7, 11) is 1.32. The molecule has 6 nitrogen and oxygen atoms in total. The molecule has 0 aliphatic heterocycles. The Balaban J connectivity index is 1.42. The highest BCUT2D eigenvalue weighted by molar-refractivity contribution is 5.90. The molecule has 4 rings (SSSR count). The molecule has 6 heteroatoms. The average molecular weight is 414 g/mol. The summed E-state index contributed by atoms with van der Waals surface area (Å²) in [6, 6.07) is 20.2. The highest BCUT2D eigenvalue weighted by Gasteiger charge is 2.15. The van der Waals surface area contributed by atoms with E-state index in [9.17, 15) is 9.59 Å². The molecule has 1 N–H and O–H groups in total. The van der Waals surface area contributed by atoms with E-state index in [4.69, 9.17) is 4.74 Å². The van der Waals surface area contributed by atoms with Crippen molar-refractivity contribution in [1.29, 1.82) is 0 Å². The Bertz CT molecular complexity index is 1200. The number of pyridine rings is 1. The van der Waals surface area contributed by atoms with E-state index in [1.54, 1.807) is 30.5 Å². The number of carbonyl (C=O) groups is 2. The van der Waals surface area contributed by atoms with Crippen LogP contribution in [0.2, 0.25) is 0 Å². The van der Waals surface area contributed by atoms with E-state index in [-0.39, 0.29) is 12.4 Å². The molecule has 0 atom stereocenters. The number of fused-ring (bicyclic) bond motifs is 1. The molecule has 0 saturated carbocycles. The number of aromatic amines is 1. The fraction of sp³-hybridized carbons (Fsp3) is 0.160. The summed E-state index contributed by atoms with van der Waals surface area (Å²) in [5, 5.41) is 1.13. The quantitative estimate of drug-likeness (QED) is 0.342. The van der Waals surface area contributed by atoms with Crippen LogP contribution in [0.25, 0.3) is 22.3 Å². The number of aromatic nitrogens is 2. The van der Waals surface area contributed by atoms with Crippen LogP contribution in [0.15, 0.2) is 72.9 Å². The lowest BCUT2D eigenvalue weighted by Gasteiger charge is -2.07. The zero-order valence-corrected chi connectivity index (χ0v) is 17.1. The first kappa shape index (κ1) is 20.3. The lowest BCUT2D eigenvalue weighted by atomic mass is 10.0. The van der Waals surface area contributed by atoms with Gasteiger partial charge in [0.25, 0.3) is 0 Å². The van der Waals surface area contributed by atoms with Crippen LogP contribution in [0.3, 0.4) is 0 Å². The molecule has 4 aromatic rings. The number of rotatable bonds is 7. The minimum Gasteiger partial charge on any atom is -0.465 e. The summed E-state index contributed by atoms with van der Waals surface area (Å²) in [5.41, 5.74) is 4.45. The smallest absolute Gasteiger partial charge is 0.337 e. The van der Waals surface area contributed by atoms with Crippen molar-refractivity contribution in [3.05, 3.63) is 84.1 Å². The van der Waals surface area contributed by atoms with Crippen molar-refractivity contribution in [3.63, 3.8) is 0 Å². The Morgan fingerprint density at radius 1 is 0.968 bits per heavy atom. The number of aryl methyl sites for hydroxylation is 1. The van der Waals surface area contributed by atoms with E-state index < -0.39 is 5.97 Å². The predicted octanol–water partition coefficient (Wildman–Crippen LogP) is 4.94. The van der Waals surface area contributed by atoms with E-state index in [2.05, 4.69) is 20.8 Å². The van der Waals surface area contributed by atoms with Gasteiger partial charge in [0, 0.05) is 23.5 Å². The van der Waals surface area contributed by atoms with Crippen molar-refractivity contribution < 1.29 is 19.1 Å². The number of H-pyrrole nitrogens is 1. The first-order chi connectivity index (χ1) is 15.2. The van der Waals surface area contributed by atoms with Crippen LogP contribution in [0.5, 0.6) is 5.75 Å². The predicted molar refractivity (Wildman–Crippen MR) is 118 cm³/mol. The Kier molecular flexibility index (Phi) is 6.08. The number of nitrogens with zero attached hydrogens (tertiary/aromatic N) is 1. The van der Waals surface area contributed by atoms with Gasteiger partial charge < -0.3 is 14.5 Å². The van der Waals surface area contributed by atoms with Crippen molar-refractivity contribution in [2.75, 3.05) is 7.11 Å². The first-order valence-corrected chi connectivity index (χ1v) is 10.1. The summed E-state index contributed by atoms with van der Waals surface area (Å²) in [6.07, 6.45) is 3.40. The molecule has 0 bridgehead atoms. The topological polar surface area (TPSA) is 81.3 Å². The van der Waals surface area contributed by atoms with Gasteiger partial charge in [-0.15, -0.1) is 0 Å². The number of methoxy groups -OCH3 is 1. The number of ether oxygens (including phenoxy) is 2. The second-order valence-electron chi connectivity index (χ2n) is 7.08. The molecule has 0 spiro atoms. The van der Waals surface area contributed by atoms with Crippen molar-refractivity contribution in [3.8, 4) is 17.1 Å². The second-order valence-corrected chi connectivity index (χ2v) is 7.08. The van der Waals surface area contributed by atoms with Crippen LogP contribution in [0, 0.1) is 0 Å². The minimum absolute atomic E-state index is 0.278. The normalized spacial score (nSPS) is 10.7. The maximum absolute atomic E-state index is 12.3. The van der Waals surface area contributed by atoms with Gasteiger partial charge in [0.2, 0.25) is 0 Å². The summed E-state index contributed by atoms with van der Waals surface area (Å²) >= 11 is 0. The van der Waals surface area contributed by atoms with Gasteiger partial charge in [-0.1, -0.05) is 24.3 Å². The number of benzene rings is 2. The van der Waals surface area contributed by atoms with Crippen LogP contribution in [-0.2, 0) is 16.0 Å². The standard InChI is InChI=1S/C25H22N2O4/c1-30-25(29)17-12-14-18(15-13-17)31-23(28)11-6-8-20-19-7-2-3-9-21(19)27-24(20)22-10-4-5-16-26-22/h2-5,7,9-10,12-16,27H,6,8,11H2,1H3. The number of carbonyl (C=O) groups excluding carboxylic acids is 2. The van der Waals surface area contributed by atoms with Crippen molar-refractivity contribution in [2.24, 2.45) is 0 Å². The third-order valence-corrected chi connectivity index (χ3v) is 5.05. The minimum atomic E-state index is -0.430. The van der Waals surface area contributed by atoms with Gasteiger partial charge in [-0.3, -0.25) is 9.78 Å². The zero-order chi connectivity index (χ0) is 21.6. The van der Waals surface area contributed by atoms with Gasteiger partial charge in [0.1, 0.15) is 5.75 Å². The third kappa shape index (κ3) is 4.64. The summed E-state index contributed by atoms with van der Waals surface area (Å²) < 4.78 is 10.1. The average Bonchev–Trinajstić information content (AvgIpc) is 3.18. The van der Waals surface area contributed by atoms with E-state index in [0.717, 1.165) is 27.9 Å². The fourth-order valence-electron chi connectivity index (χ4n) is 3.56. The van der Waals surface area contributed by atoms with Gasteiger partial charge in [0.05, 0.1) is 24.1 Å². The van der Waals surface area contributed by atoms with Crippen LogP contribution >= 0.6 is 0 Å². The number of hydrogen-bond acceptors (Lipinski definition) is 5. The molecular formula is C25H22N2O4. The highest BCUT2D eigenvalue weighted by Crippen LogP contribution is 2.30. The molecule has 2 heterocycles. The van der Waals surface area contributed by atoms with E-state index in [1.807, 2.05) is 36.4 Å². The van der Waals surface area contributed by atoms with Crippen LogP contribution < -0.4 is 4.74 Å². The lowest BCUT2D eigenvalue weighted by Crippen LogP contribution is -2.08. The zero-order valence-electron chi connectivity index (χ0n) is 17.1. The molecule has 0 unspecified atom stereocenters. The number of nitrogens with one attached hydrogen (secondary N) is 1. The van der Waals surface area contributed by atoms with E-state index in [1.165, 1.54) is 7.11 Å². The largest absolute Gasteiger partial charge is 0.465 e. The van der Waals surface area contributed by atoms with Crippen molar-refractivity contribution in [1.82, 2.24) is 9.97 Å². The Morgan fingerprint density at radius 3 is 2.48 bits per heavy atom. The van der Waals surface area contributed by atoms with E-state index >= 15 is 0 Å². The molecule has 0 radical (unpaired) electrons. The molecule has 2 aromatic heterocycles. The Morgan fingerprint density at radius 2 is 1.74 bits per heavy atom. The molecule has 0 saturated heterocycles. The molecule has 0 aliphatic carbocycles. The summed E-state index contributed by atoms with van der Waals surface area (Å²) in [5.74, 6) is -0.343. The molecule has 2 aromatic carbocycles. The third-order valence-electron chi connectivity index (χ3n) is 5.05. The lowest BCUT2D eigenvalue weighted by molar-refractivity contribution is -0.134. The van der Waals surface area contributed by atoms with Crippen LogP contribution in [0.1, 0.15) is 28.8 Å². The van der Waals surface area contributed by atoms with E-state index in [0.29, 0.717) is 24.2 Å². The maximum Gasteiger partial charge on any atom is 0.337 e. The number of esters is 2. The molecule has 31 heavy (non-hydrogen) atoms. The second kappa shape index (κ2) is 9.26. The maximum atomic E-state index is 12.3. The molecule has 0 amide bonds. The molecule has 0 aliphatic rings. The molecule has 0 fully saturated rings. The highest BCUT2D eigenvalue weighted by atomic mass is 16.5. The van der Waals surface area contributed by atoms with Crippen LogP contribution in [0.4, 0.5) is 0 Å². The molecule has 156 valence electrons. The Labute approximate surface area is 179 Å². The Hall–Kier alpha value is -3.93. The molecular weight excluding hydrogens is 392 g/mol. The van der Waals surface area contributed by atoms with Gasteiger partial charge in [-0.05, 0) is 60.9 Å².